The van der Waals surface area contributed by atoms with E-state index < -0.39 is 0 Å². The Morgan fingerprint density at radius 1 is 1.67 bits per heavy atom. The van der Waals surface area contributed by atoms with E-state index in [0.29, 0.717) is 13.2 Å². The summed E-state index contributed by atoms with van der Waals surface area (Å²) < 4.78 is 6.31. The maximum Gasteiger partial charge on any atom is 0.252 e. The summed E-state index contributed by atoms with van der Waals surface area (Å²) in [6.45, 7) is 4.08. The topological polar surface area (TPSA) is 38.3 Å². The van der Waals surface area contributed by atoms with Crippen LogP contribution in [0.4, 0.5) is 0 Å². The van der Waals surface area contributed by atoms with Crippen LogP contribution in [0.1, 0.15) is 23.7 Å². The largest absolute Gasteiger partial charge is 0.382 e. The highest BCUT2D eigenvalue weighted by Crippen LogP contribution is 2.16. The van der Waals surface area contributed by atoms with Crippen molar-refractivity contribution < 1.29 is 9.53 Å². The molecule has 1 rings (SSSR count). The first-order valence-corrected chi connectivity index (χ1v) is 6.80. The summed E-state index contributed by atoms with van der Waals surface area (Å²) >= 11 is 3.79. The fourth-order valence-corrected chi connectivity index (χ4v) is 2.38. The molecule has 84 valence electrons. The van der Waals surface area contributed by atoms with Gasteiger partial charge in [0.05, 0.1) is 8.45 Å². The van der Waals surface area contributed by atoms with Crippen LogP contribution in [0.2, 0.25) is 0 Å². The molecule has 1 N–H and O–H groups in total. The Labute approximate surface area is 107 Å². The smallest absolute Gasteiger partial charge is 0.252 e. The minimum atomic E-state index is 0.00524. The van der Waals surface area contributed by atoms with Crippen molar-refractivity contribution >= 4 is 39.8 Å². The average molecular weight is 339 g/mol. The number of carbonyl (C=O) groups is 1. The lowest BCUT2D eigenvalue weighted by Crippen LogP contribution is -2.24. The predicted octanol–water partition coefficient (Wildman–Crippen LogP) is 2.51. The fourth-order valence-electron chi connectivity index (χ4n) is 1.05. The Bertz CT molecular complexity index is 314. The lowest BCUT2D eigenvalue weighted by Gasteiger charge is -2.03. The second-order valence-corrected chi connectivity index (χ2v) is 5.75. The summed E-state index contributed by atoms with van der Waals surface area (Å²) in [5, 5.41) is 4.73. The molecule has 15 heavy (non-hydrogen) atoms. The number of hydrogen-bond acceptors (Lipinski definition) is 3. The molecule has 0 aliphatic carbocycles. The van der Waals surface area contributed by atoms with Crippen LogP contribution in [-0.4, -0.2) is 25.7 Å². The number of halogens is 1. The highest BCUT2D eigenvalue weighted by molar-refractivity contribution is 14.1. The van der Waals surface area contributed by atoms with E-state index in [9.17, 15) is 4.79 Å². The molecule has 0 fully saturated rings. The van der Waals surface area contributed by atoms with E-state index >= 15 is 0 Å². The minimum Gasteiger partial charge on any atom is -0.382 e. The van der Waals surface area contributed by atoms with Gasteiger partial charge >= 0.3 is 0 Å². The van der Waals surface area contributed by atoms with Gasteiger partial charge in [-0.25, -0.2) is 0 Å². The molecule has 0 unspecified atom stereocenters. The van der Waals surface area contributed by atoms with Gasteiger partial charge < -0.3 is 10.1 Å². The van der Waals surface area contributed by atoms with Gasteiger partial charge in [-0.3, -0.25) is 4.79 Å². The molecule has 5 heteroatoms. The Morgan fingerprint density at radius 2 is 2.47 bits per heavy atom. The molecule has 1 heterocycles. The Balaban J connectivity index is 2.19. The molecule has 1 amide bonds. The van der Waals surface area contributed by atoms with Crippen molar-refractivity contribution in [1.82, 2.24) is 5.32 Å². The number of thiophene rings is 1. The molecule has 0 aromatic carbocycles. The molecule has 0 atom stereocenters. The van der Waals surface area contributed by atoms with Crippen LogP contribution in [0, 0.1) is 2.88 Å². The van der Waals surface area contributed by atoms with E-state index in [4.69, 9.17) is 4.74 Å². The third-order valence-electron chi connectivity index (χ3n) is 1.78. The standard InChI is InChI=1S/C10H14INO2S/c1-2-14-5-3-4-12-10(13)8-6-9(11)15-7-8/h6-7H,2-5H2,1H3,(H,12,13). The number of amides is 1. The SMILES string of the molecule is CCOCCCNC(=O)c1csc(I)c1. The van der Waals surface area contributed by atoms with Crippen molar-refractivity contribution in [3.63, 3.8) is 0 Å². The normalized spacial score (nSPS) is 10.3. The number of nitrogens with one attached hydrogen (secondary N) is 1. The summed E-state index contributed by atoms with van der Waals surface area (Å²) in [6, 6.07) is 1.89. The first kappa shape index (κ1) is 12.9. The van der Waals surface area contributed by atoms with Gasteiger partial charge in [-0.15, -0.1) is 11.3 Å². The Hall–Kier alpha value is -0.140. The number of rotatable bonds is 6. The molecule has 1 aromatic heterocycles. The van der Waals surface area contributed by atoms with Crippen LogP contribution in [0.5, 0.6) is 0 Å². The van der Waals surface area contributed by atoms with Crippen molar-refractivity contribution in [3.05, 3.63) is 19.9 Å². The average Bonchev–Trinajstić information content (AvgIpc) is 2.64. The molecule has 0 spiro atoms. The lowest BCUT2D eigenvalue weighted by atomic mass is 10.3. The molecule has 0 aliphatic rings. The molecular formula is C10H14INO2S. The van der Waals surface area contributed by atoms with Crippen LogP contribution < -0.4 is 5.32 Å². The van der Waals surface area contributed by atoms with Gasteiger partial charge in [0.2, 0.25) is 0 Å². The monoisotopic (exact) mass is 339 g/mol. The van der Waals surface area contributed by atoms with E-state index in [-0.39, 0.29) is 5.91 Å². The van der Waals surface area contributed by atoms with Gasteiger partial charge in [0.25, 0.3) is 5.91 Å². The van der Waals surface area contributed by atoms with E-state index in [2.05, 4.69) is 27.9 Å². The van der Waals surface area contributed by atoms with Crippen LogP contribution in [0.15, 0.2) is 11.4 Å². The van der Waals surface area contributed by atoms with Crippen LogP contribution in [-0.2, 0) is 4.74 Å². The zero-order chi connectivity index (χ0) is 11.1. The van der Waals surface area contributed by atoms with Gasteiger partial charge in [-0.2, -0.15) is 0 Å². The van der Waals surface area contributed by atoms with Crippen molar-refractivity contribution in [1.29, 1.82) is 0 Å². The summed E-state index contributed by atoms with van der Waals surface area (Å²) in [5.74, 6) is 0.00524. The van der Waals surface area contributed by atoms with Gasteiger partial charge in [0.1, 0.15) is 0 Å². The molecule has 1 aromatic rings. The second kappa shape index (κ2) is 7.19. The Morgan fingerprint density at radius 3 is 3.07 bits per heavy atom. The van der Waals surface area contributed by atoms with Crippen LogP contribution >= 0.6 is 33.9 Å². The van der Waals surface area contributed by atoms with Crippen LogP contribution in [0.3, 0.4) is 0 Å². The van der Waals surface area contributed by atoms with Crippen molar-refractivity contribution in [2.24, 2.45) is 0 Å². The molecule has 3 nitrogen and oxygen atoms in total. The summed E-state index contributed by atoms with van der Waals surface area (Å²) in [7, 11) is 0. The van der Waals surface area contributed by atoms with Crippen molar-refractivity contribution in [2.75, 3.05) is 19.8 Å². The molecule has 0 radical (unpaired) electrons. The van der Waals surface area contributed by atoms with E-state index in [1.54, 1.807) is 11.3 Å². The third kappa shape index (κ3) is 4.94. The van der Waals surface area contributed by atoms with E-state index in [1.807, 2.05) is 18.4 Å². The molecule has 0 saturated heterocycles. The maximum atomic E-state index is 11.5. The summed E-state index contributed by atoms with van der Waals surface area (Å²) in [4.78, 5) is 11.5. The first-order chi connectivity index (χ1) is 7.24. The van der Waals surface area contributed by atoms with Gasteiger partial charge in [0, 0.05) is 25.1 Å². The fraction of sp³-hybridized carbons (Fsp3) is 0.500. The van der Waals surface area contributed by atoms with Crippen molar-refractivity contribution in [3.8, 4) is 0 Å². The number of carbonyl (C=O) groups excluding carboxylic acids is 1. The summed E-state index contributed by atoms with van der Waals surface area (Å²) in [6.07, 6.45) is 0.862. The van der Waals surface area contributed by atoms with Gasteiger partial charge in [-0.1, -0.05) is 0 Å². The molecule has 0 bridgehead atoms. The van der Waals surface area contributed by atoms with Crippen molar-refractivity contribution in [2.45, 2.75) is 13.3 Å². The van der Waals surface area contributed by atoms with Gasteiger partial charge in [0.15, 0.2) is 0 Å². The third-order valence-corrected chi connectivity index (χ3v) is 3.57. The number of hydrogen-bond donors (Lipinski definition) is 1. The second-order valence-electron chi connectivity index (χ2n) is 2.95. The van der Waals surface area contributed by atoms with Crippen LogP contribution in [0.25, 0.3) is 0 Å². The van der Waals surface area contributed by atoms with E-state index in [0.717, 1.165) is 21.5 Å². The predicted molar refractivity (Wildman–Crippen MR) is 70.5 cm³/mol. The zero-order valence-corrected chi connectivity index (χ0v) is 11.6. The molecule has 0 saturated carbocycles. The minimum absolute atomic E-state index is 0.00524. The Kier molecular flexibility index (Phi) is 6.19. The molecule has 0 aliphatic heterocycles. The van der Waals surface area contributed by atoms with Gasteiger partial charge in [-0.05, 0) is 42.0 Å². The zero-order valence-electron chi connectivity index (χ0n) is 8.59. The van der Waals surface area contributed by atoms with E-state index in [1.165, 1.54) is 0 Å². The molecular weight excluding hydrogens is 325 g/mol. The maximum absolute atomic E-state index is 11.5. The highest BCUT2D eigenvalue weighted by atomic mass is 127. The highest BCUT2D eigenvalue weighted by Gasteiger charge is 2.06. The lowest BCUT2D eigenvalue weighted by molar-refractivity contribution is 0.0944. The number of ether oxygens (including phenoxy) is 1. The summed E-state index contributed by atoms with van der Waals surface area (Å²) in [5.41, 5.74) is 0.751. The first-order valence-electron chi connectivity index (χ1n) is 4.84. The quantitative estimate of drug-likeness (QED) is 0.639.